The van der Waals surface area contributed by atoms with E-state index in [1.54, 1.807) is 24.3 Å². The molecule has 0 unspecified atom stereocenters. The van der Waals surface area contributed by atoms with Crippen molar-refractivity contribution in [2.45, 2.75) is 0 Å². The molecule has 5 nitrogen and oxygen atoms in total. The van der Waals surface area contributed by atoms with E-state index < -0.39 is 0 Å². The van der Waals surface area contributed by atoms with E-state index in [1.807, 2.05) is 12.1 Å². The third-order valence-corrected chi connectivity index (χ3v) is 3.52. The minimum absolute atomic E-state index is 0.361. The summed E-state index contributed by atoms with van der Waals surface area (Å²) < 4.78 is 0.888. The number of hydrogen-bond acceptors (Lipinski definition) is 4. The summed E-state index contributed by atoms with van der Waals surface area (Å²) in [4.78, 5) is 23.1. The molecule has 0 spiro atoms. The Bertz CT molecular complexity index is 743. The van der Waals surface area contributed by atoms with Crippen molar-refractivity contribution in [3.63, 3.8) is 0 Å². The fourth-order valence-electron chi connectivity index (χ4n) is 2.05. The van der Waals surface area contributed by atoms with Crippen molar-refractivity contribution in [1.82, 2.24) is 5.32 Å². The first-order valence-corrected chi connectivity index (χ1v) is 6.65. The molecule has 0 aromatic heterocycles. The number of hydrogen-bond donors (Lipinski definition) is 3. The molecule has 0 radical (unpaired) electrons. The maximum Gasteiger partial charge on any atom is 0.259 e. The summed E-state index contributed by atoms with van der Waals surface area (Å²) in [5.74, 6) is -0.739. The lowest BCUT2D eigenvalue weighted by atomic mass is 10.1. The van der Waals surface area contributed by atoms with Crippen LogP contribution < -0.4 is 16.4 Å². The zero-order valence-corrected chi connectivity index (χ0v) is 11.8. The Hall–Kier alpha value is -2.34. The third kappa shape index (κ3) is 2.14. The molecule has 0 aliphatic carbocycles. The molecule has 0 fully saturated rings. The van der Waals surface area contributed by atoms with Crippen LogP contribution >= 0.6 is 15.9 Å². The van der Waals surface area contributed by atoms with Crippen molar-refractivity contribution in [1.29, 1.82) is 0 Å². The summed E-state index contributed by atoms with van der Waals surface area (Å²) in [7, 11) is 0. The second-order valence-corrected chi connectivity index (χ2v) is 5.32. The second-order valence-electron chi connectivity index (χ2n) is 4.40. The van der Waals surface area contributed by atoms with E-state index in [2.05, 4.69) is 26.6 Å². The van der Waals surface area contributed by atoms with Gasteiger partial charge in [-0.25, -0.2) is 0 Å². The Morgan fingerprint density at radius 1 is 1.00 bits per heavy atom. The molecule has 0 saturated carbocycles. The van der Waals surface area contributed by atoms with Gasteiger partial charge in [-0.15, -0.1) is 0 Å². The van der Waals surface area contributed by atoms with Crippen LogP contribution in [-0.2, 0) is 0 Å². The van der Waals surface area contributed by atoms with Gasteiger partial charge in [-0.2, -0.15) is 0 Å². The lowest BCUT2D eigenvalue weighted by molar-refractivity contribution is 0.0879. The van der Waals surface area contributed by atoms with Crippen LogP contribution in [0.3, 0.4) is 0 Å². The lowest BCUT2D eigenvalue weighted by Crippen LogP contribution is -2.19. The van der Waals surface area contributed by atoms with Gasteiger partial charge in [-0.05, 0) is 36.4 Å². The van der Waals surface area contributed by atoms with Crippen molar-refractivity contribution in [3.8, 4) is 0 Å². The smallest absolute Gasteiger partial charge is 0.259 e. The van der Waals surface area contributed by atoms with Gasteiger partial charge in [0.05, 0.1) is 22.5 Å². The number of nitrogen functional groups attached to an aromatic ring is 1. The first-order chi connectivity index (χ1) is 9.54. The molecule has 3 rings (SSSR count). The average Bonchev–Trinajstić information content (AvgIpc) is 2.68. The number of benzene rings is 2. The number of carbonyl (C=O) groups excluding carboxylic acids is 2. The fraction of sp³-hybridized carbons (Fsp3) is 0. The van der Waals surface area contributed by atoms with Crippen LogP contribution in [0, 0.1) is 0 Å². The van der Waals surface area contributed by atoms with E-state index in [0.29, 0.717) is 22.5 Å². The predicted octanol–water partition coefficient (Wildman–Crippen LogP) is 2.66. The Labute approximate surface area is 123 Å². The number of rotatable bonds is 2. The highest BCUT2D eigenvalue weighted by molar-refractivity contribution is 9.10. The summed E-state index contributed by atoms with van der Waals surface area (Å²) in [6, 6.07) is 10.5. The monoisotopic (exact) mass is 331 g/mol. The van der Waals surface area contributed by atoms with E-state index in [-0.39, 0.29) is 11.8 Å². The van der Waals surface area contributed by atoms with Crippen LogP contribution in [0.2, 0.25) is 0 Å². The first-order valence-electron chi connectivity index (χ1n) is 5.86. The number of imide groups is 1. The highest BCUT2D eigenvalue weighted by atomic mass is 79.9. The molecule has 6 heteroatoms. The van der Waals surface area contributed by atoms with E-state index >= 15 is 0 Å². The minimum Gasteiger partial charge on any atom is -0.397 e. The normalized spacial score (nSPS) is 13.1. The Morgan fingerprint density at radius 2 is 1.75 bits per heavy atom. The molecule has 1 aliphatic rings. The van der Waals surface area contributed by atoms with Gasteiger partial charge in [0.2, 0.25) is 0 Å². The summed E-state index contributed by atoms with van der Waals surface area (Å²) in [6.45, 7) is 0. The molecule has 4 N–H and O–H groups in total. The van der Waals surface area contributed by atoms with Crippen LogP contribution in [0.4, 0.5) is 17.1 Å². The number of nitrogens with two attached hydrogens (primary N) is 1. The van der Waals surface area contributed by atoms with Crippen molar-refractivity contribution in [3.05, 3.63) is 52.0 Å². The second kappa shape index (κ2) is 4.64. The molecule has 0 saturated heterocycles. The third-order valence-electron chi connectivity index (χ3n) is 3.03. The molecule has 0 bridgehead atoms. The van der Waals surface area contributed by atoms with Gasteiger partial charge in [-0.1, -0.05) is 15.9 Å². The van der Waals surface area contributed by atoms with Crippen molar-refractivity contribution in [2.24, 2.45) is 0 Å². The van der Waals surface area contributed by atoms with Gasteiger partial charge in [-0.3, -0.25) is 14.9 Å². The Kier molecular flexibility index (Phi) is 2.94. The molecule has 2 aromatic carbocycles. The van der Waals surface area contributed by atoms with Crippen LogP contribution in [0.15, 0.2) is 40.9 Å². The molecular formula is C14H10BrN3O2. The molecule has 2 amide bonds. The molecule has 1 aliphatic heterocycles. The first kappa shape index (κ1) is 12.7. The summed E-state index contributed by atoms with van der Waals surface area (Å²) in [5.41, 5.74) is 8.68. The molecule has 1 heterocycles. The topological polar surface area (TPSA) is 84.2 Å². The zero-order chi connectivity index (χ0) is 14.3. The van der Waals surface area contributed by atoms with Crippen molar-refractivity contribution < 1.29 is 9.59 Å². The quantitative estimate of drug-likeness (QED) is 0.583. The van der Waals surface area contributed by atoms with Crippen LogP contribution in [0.5, 0.6) is 0 Å². The van der Waals surface area contributed by atoms with Crippen LogP contribution in [-0.4, -0.2) is 11.8 Å². The van der Waals surface area contributed by atoms with Gasteiger partial charge in [0.25, 0.3) is 11.8 Å². The number of anilines is 3. The van der Waals surface area contributed by atoms with Crippen LogP contribution in [0.1, 0.15) is 20.7 Å². The van der Waals surface area contributed by atoms with E-state index in [0.717, 1.165) is 10.2 Å². The maximum absolute atomic E-state index is 11.6. The zero-order valence-electron chi connectivity index (χ0n) is 10.2. The SMILES string of the molecule is Nc1cc(Br)ccc1Nc1ccc2c(c1)C(=O)NC2=O. The van der Waals surface area contributed by atoms with Gasteiger partial charge < -0.3 is 11.1 Å². The highest BCUT2D eigenvalue weighted by Crippen LogP contribution is 2.28. The summed E-state index contributed by atoms with van der Waals surface area (Å²) in [6.07, 6.45) is 0. The highest BCUT2D eigenvalue weighted by Gasteiger charge is 2.26. The Balaban J connectivity index is 1.95. The molecular weight excluding hydrogens is 322 g/mol. The number of nitrogens with one attached hydrogen (secondary N) is 2. The average molecular weight is 332 g/mol. The predicted molar refractivity (Wildman–Crippen MR) is 80.1 cm³/mol. The molecule has 2 aromatic rings. The lowest BCUT2D eigenvalue weighted by Gasteiger charge is -2.10. The number of fused-ring (bicyclic) bond motifs is 1. The standard InChI is InChI=1S/C14H10BrN3O2/c15-7-1-4-12(11(16)5-7)17-8-2-3-9-10(6-8)14(20)18-13(9)19/h1-6,17H,16H2,(H,18,19,20). The maximum atomic E-state index is 11.6. The molecule has 100 valence electrons. The van der Waals surface area contributed by atoms with E-state index in [9.17, 15) is 9.59 Å². The Morgan fingerprint density at radius 3 is 2.50 bits per heavy atom. The summed E-state index contributed by atoms with van der Waals surface area (Å²) >= 11 is 3.34. The minimum atomic E-state index is -0.377. The van der Waals surface area contributed by atoms with Gasteiger partial charge >= 0.3 is 0 Å². The number of carbonyl (C=O) groups is 2. The molecule has 0 atom stereocenters. The van der Waals surface area contributed by atoms with E-state index in [4.69, 9.17) is 5.73 Å². The summed E-state index contributed by atoms with van der Waals surface area (Å²) in [5, 5.41) is 5.38. The van der Waals surface area contributed by atoms with Crippen molar-refractivity contribution >= 4 is 44.8 Å². The van der Waals surface area contributed by atoms with Crippen LogP contribution in [0.25, 0.3) is 0 Å². The number of halogens is 1. The van der Waals surface area contributed by atoms with Gasteiger partial charge in [0.15, 0.2) is 0 Å². The fourth-order valence-corrected chi connectivity index (χ4v) is 2.43. The largest absolute Gasteiger partial charge is 0.397 e. The molecule has 20 heavy (non-hydrogen) atoms. The van der Waals surface area contributed by atoms with Gasteiger partial charge in [0, 0.05) is 10.2 Å². The van der Waals surface area contributed by atoms with E-state index in [1.165, 1.54) is 0 Å². The number of amides is 2. The van der Waals surface area contributed by atoms with Crippen molar-refractivity contribution in [2.75, 3.05) is 11.1 Å². The van der Waals surface area contributed by atoms with Gasteiger partial charge in [0.1, 0.15) is 0 Å².